The van der Waals surface area contributed by atoms with Crippen molar-refractivity contribution in [3.63, 3.8) is 0 Å². The smallest absolute Gasteiger partial charge is 0.0593 e. The highest BCUT2D eigenvalue weighted by Gasteiger charge is 2.09. The number of rotatable bonds is 0. The molecule has 3 heterocycles. The summed E-state index contributed by atoms with van der Waals surface area (Å²) in [6, 6.07) is 13.3. The van der Waals surface area contributed by atoms with Crippen molar-refractivity contribution in [1.29, 1.82) is 0 Å². The summed E-state index contributed by atoms with van der Waals surface area (Å²) in [5.74, 6) is 0. The highest BCUT2D eigenvalue weighted by atomic mass is 14.8. The third-order valence-electron chi connectivity index (χ3n) is 4.14. The summed E-state index contributed by atoms with van der Waals surface area (Å²) in [5, 5.41) is 2.79. The van der Waals surface area contributed by atoms with Gasteiger partial charge in [0.25, 0.3) is 0 Å². The van der Waals surface area contributed by atoms with Crippen LogP contribution in [0.3, 0.4) is 0 Å². The van der Waals surface area contributed by atoms with Crippen LogP contribution in [-0.2, 0) is 25.7 Å². The molecule has 0 N–H and O–H groups in total. The molecule has 2 nitrogen and oxygen atoms in total. The first-order chi connectivity index (χ1) is 9.90. The van der Waals surface area contributed by atoms with E-state index in [-0.39, 0.29) is 0 Å². The fourth-order valence-electron chi connectivity index (χ4n) is 3.08. The maximum Gasteiger partial charge on any atom is 0.0593 e. The molecule has 20 heavy (non-hydrogen) atoms. The van der Waals surface area contributed by atoms with Gasteiger partial charge in [0.2, 0.25) is 0 Å². The van der Waals surface area contributed by atoms with Crippen LogP contribution in [0.15, 0.2) is 48.8 Å². The normalized spacial score (nSPS) is 14.2. The molecule has 2 aliphatic heterocycles. The van der Waals surface area contributed by atoms with Crippen LogP contribution in [0.5, 0.6) is 0 Å². The molecule has 0 unspecified atom stereocenters. The van der Waals surface area contributed by atoms with Crippen molar-refractivity contribution < 1.29 is 0 Å². The highest BCUT2D eigenvalue weighted by molar-refractivity contribution is 5.88. The summed E-state index contributed by atoms with van der Waals surface area (Å²) in [4.78, 5) is 9.05. The van der Waals surface area contributed by atoms with E-state index < -0.39 is 0 Å². The first kappa shape index (κ1) is 11.6. The molecule has 2 aromatic carbocycles. The zero-order valence-corrected chi connectivity index (χ0v) is 11.3. The summed E-state index contributed by atoms with van der Waals surface area (Å²) >= 11 is 0. The van der Waals surface area contributed by atoms with Gasteiger partial charge in [-0.2, -0.15) is 0 Å². The first-order valence-electron chi connectivity index (χ1n) is 7.19. The molecule has 1 aromatic heterocycles. The van der Waals surface area contributed by atoms with Gasteiger partial charge in [-0.1, -0.05) is 36.4 Å². The Bertz CT molecular complexity index is 715. The van der Waals surface area contributed by atoms with Crippen LogP contribution >= 0.6 is 0 Å². The van der Waals surface area contributed by atoms with E-state index in [2.05, 4.69) is 41.4 Å². The molecule has 0 saturated heterocycles. The van der Waals surface area contributed by atoms with Gasteiger partial charge < -0.3 is 0 Å². The Morgan fingerprint density at radius 1 is 0.650 bits per heavy atom. The standard InChI is InChI=1S/C18H16N2/c1-2-4-18-14-6-5-13(17(18)3-1)7-9-15-11-19-12-16(20-15)10-8-14/h1-6,11-12H,7-10H2. The number of hydrogen-bond acceptors (Lipinski definition) is 2. The highest BCUT2D eigenvalue weighted by Crippen LogP contribution is 2.25. The lowest BCUT2D eigenvalue weighted by atomic mass is 9.95. The van der Waals surface area contributed by atoms with Crippen LogP contribution in [0, 0.1) is 0 Å². The monoisotopic (exact) mass is 260 g/mol. The third-order valence-corrected chi connectivity index (χ3v) is 4.14. The summed E-state index contributed by atoms with van der Waals surface area (Å²) in [7, 11) is 0. The summed E-state index contributed by atoms with van der Waals surface area (Å²) in [5.41, 5.74) is 5.05. The second-order valence-corrected chi connectivity index (χ2v) is 5.43. The molecule has 2 aliphatic rings. The van der Waals surface area contributed by atoms with E-state index in [4.69, 9.17) is 4.98 Å². The third kappa shape index (κ3) is 1.97. The zero-order chi connectivity index (χ0) is 13.4. The van der Waals surface area contributed by atoms with Crippen LogP contribution in [0.25, 0.3) is 10.8 Å². The second kappa shape index (κ2) is 4.71. The van der Waals surface area contributed by atoms with Gasteiger partial charge in [0.1, 0.15) is 0 Å². The first-order valence-corrected chi connectivity index (χ1v) is 7.19. The number of aromatic nitrogens is 2. The van der Waals surface area contributed by atoms with Gasteiger partial charge in [0.05, 0.1) is 11.4 Å². The van der Waals surface area contributed by atoms with Crippen LogP contribution < -0.4 is 0 Å². The van der Waals surface area contributed by atoms with E-state index in [0.717, 1.165) is 37.1 Å². The minimum atomic E-state index is 0.962. The summed E-state index contributed by atoms with van der Waals surface area (Å²) < 4.78 is 0. The molecule has 0 aliphatic carbocycles. The minimum Gasteiger partial charge on any atom is -0.261 e. The van der Waals surface area contributed by atoms with Crippen LogP contribution in [0.1, 0.15) is 22.5 Å². The van der Waals surface area contributed by atoms with Crippen molar-refractivity contribution in [1.82, 2.24) is 9.97 Å². The average Bonchev–Trinajstić information content (AvgIpc) is 2.54. The average molecular weight is 260 g/mol. The van der Waals surface area contributed by atoms with Gasteiger partial charge >= 0.3 is 0 Å². The van der Waals surface area contributed by atoms with E-state index in [1.165, 1.54) is 21.9 Å². The molecule has 0 spiro atoms. The Balaban J connectivity index is 1.91. The fourth-order valence-corrected chi connectivity index (χ4v) is 3.08. The zero-order valence-electron chi connectivity index (χ0n) is 11.3. The van der Waals surface area contributed by atoms with Gasteiger partial charge in [-0.3, -0.25) is 9.97 Å². The van der Waals surface area contributed by atoms with Gasteiger partial charge in [-0.05, 0) is 47.6 Å². The van der Waals surface area contributed by atoms with E-state index in [0.29, 0.717) is 0 Å². The Morgan fingerprint density at radius 3 is 1.75 bits per heavy atom. The van der Waals surface area contributed by atoms with Crippen molar-refractivity contribution in [2.75, 3.05) is 0 Å². The quantitative estimate of drug-likeness (QED) is 0.618. The number of nitrogens with zero attached hydrogens (tertiary/aromatic N) is 2. The minimum absolute atomic E-state index is 0.962. The second-order valence-electron chi connectivity index (χ2n) is 5.43. The Labute approximate surface area is 118 Å². The van der Waals surface area contributed by atoms with Crippen molar-refractivity contribution in [3.05, 3.63) is 71.3 Å². The van der Waals surface area contributed by atoms with Crippen LogP contribution in [-0.4, -0.2) is 9.97 Å². The van der Waals surface area contributed by atoms with Crippen molar-refractivity contribution in [2.45, 2.75) is 25.7 Å². The van der Waals surface area contributed by atoms with Crippen LogP contribution in [0.2, 0.25) is 0 Å². The molecule has 5 rings (SSSR count). The van der Waals surface area contributed by atoms with E-state index in [1.807, 2.05) is 12.4 Å². The Hall–Kier alpha value is -2.22. The molecule has 3 aromatic rings. The number of hydrogen-bond donors (Lipinski definition) is 0. The molecule has 0 atom stereocenters. The van der Waals surface area contributed by atoms with Crippen LogP contribution in [0.4, 0.5) is 0 Å². The number of fused-ring (bicyclic) bond motifs is 3. The lowest BCUT2D eigenvalue weighted by Crippen LogP contribution is -1.99. The van der Waals surface area contributed by atoms with Gasteiger partial charge in [0.15, 0.2) is 0 Å². The van der Waals surface area contributed by atoms with Gasteiger partial charge in [-0.25, -0.2) is 0 Å². The maximum atomic E-state index is 4.72. The Kier molecular flexibility index (Phi) is 2.73. The number of benzene rings is 2. The van der Waals surface area contributed by atoms with Crippen molar-refractivity contribution in [3.8, 4) is 0 Å². The van der Waals surface area contributed by atoms with E-state index >= 15 is 0 Å². The molecule has 98 valence electrons. The van der Waals surface area contributed by atoms with Crippen molar-refractivity contribution in [2.24, 2.45) is 0 Å². The lowest BCUT2D eigenvalue weighted by Gasteiger charge is -2.10. The molecular weight excluding hydrogens is 244 g/mol. The molecule has 0 fully saturated rings. The molecular formula is C18H16N2. The SMILES string of the molecule is c1ccc2c3ccc(c2c1)CCc1cncc(n1)CC3. The molecule has 0 radical (unpaired) electrons. The summed E-state index contributed by atoms with van der Waals surface area (Å²) in [6.45, 7) is 0. The Morgan fingerprint density at radius 2 is 1.20 bits per heavy atom. The lowest BCUT2D eigenvalue weighted by molar-refractivity contribution is 0.849. The predicted octanol–water partition coefficient (Wildman–Crippen LogP) is 3.51. The molecule has 0 amide bonds. The van der Waals surface area contributed by atoms with Crippen molar-refractivity contribution >= 4 is 10.8 Å². The molecule has 2 heteroatoms. The molecule has 0 saturated carbocycles. The topological polar surface area (TPSA) is 25.8 Å². The fraction of sp³-hybridized carbons (Fsp3) is 0.222. The predicted molar refractivity (Wildman–Crippen MR) is 80.8 cm³/mol. The summed E-state index contributed by atoms with van der Waals surface area (Å²) in [6.07, 6.45) is 7.78. The maximum absolute atomic E-state index is 4.72. The largest absolute Gasteiger partial charge is 0.261 e. The van der Waals surface area contributed by atoms with E-state index in [1.54, 1.807) is 0 Å². The van der Waals surface area contributed by atoms with Gasteiger partial charge in [-0.15, -0.1) is 0 Å². The number of aryl methyl sites for hydroxylation is 4. The van der Waals surface area contributed by atoms with Gasteiger partial charge in [0, 0.05) is 12.4 Å². The van der Waals surface area contributed by atoms with E-state index in [9.17, 15) is 0 Å². The molecule has 4 bridgehead atoms.